The van der Waals surface area contributed by atoms with Crippen LogP contribution in [0.2, 0.25) is 0 Å². The Labute approximate surface area is 105 Å². The summed E-state index contributed by atoms with van der Waals surface area (Å²) in [5.74, 6) is 0.226. The summed E-state index contributed by atoms with van der Waals surface area (Å²) in [4.78, 5) is 13.7. The highest BCUT2D eigenvalue weighted by Crippen LogP contribution is 2.24. The molecule has 1 heterocycles. The van der Waals surface area contributed by atoms with E-state index in [1.165, 1.54) is 6.42 Å². The van der Waals surface area contributed by atoms with Gasteiger partial charge in [-0.1, -0.05) is 20.8 Å². The summed E-state index contributed by atoms with van der Waals surface area (Å²) >= 11 is 0. The molecule has 1 rings (SSSR count). The van der Waals surface area contributed by atoms with E-state index in [-0.39, 0.29) is 11.8 Å². The van der Waals surface area contributed by atoms with E-state index in [9.17, 15) is 4.79 Å². The summed E-state index contributed by atoms with van der Waals surface area (Å²) in [7, 11) is 2.13. The Morgan fingerprint density at radius 1 is 1.53 bits per heavy atom. The first-order valence-electron chi connectivity index (χ1n) is 6.60. The van der Waals surface area contributed by atoms with Crippen LogP contribution in [0, 0.1) is 11.3 Å². The predicted octanol–water partition coefficient (Wildman–Crippen LogP) is 0.690. The van der Waals surface area contributed by atoms with Crippen molar-refractivity contribution < 1.29 is 4.79 Å². The van der Waals surface area contributed by atoms with Gasteiger partial charge in [0.15, 0.2) is 0 Å². The summed E-state index contributed by atoms with van der Waals surface area (Å²) in [5, 5.41) is 6.37. The summed E-state index contributed by atoms with van der Waals surface area (Å²) in [6, 6.07) is 0. The average Bonchev–Trinajstić information content (AvgIpc) is 2.64. The molecule has 1 aliphatic heterocycles. The highest BCUT2D eigenvalue weighted by atomic mass is 16.1. The largest absolute Gasteiger partial charge is 0.355 e. The fraction of sp³-hybridized carbons (Fsp3) is 0.923. The molecule has 2 N–H and O–H groups in total. The number of carbonyl (C=O) groups excluding carboxylic acids is 1. The van der Waals surface area contributed by atoms with Gasteiger partial charge in [0, 0.05) is 32.1 Å². The van der Waals surface area contributed by atoms with Crippen molar-refractivity contribution in [2.75, 3.05) is 39.8 Å². The van der Waals surface area contributed by atoms with Gasteiger partial charge in [-0.15, -0.1) is 0 Å². The van der Waals surface area contributed by atoms with Crippen LogP contribution >= 0.6 is 0 Å². The van der Waals surface area contributed by atoms with Crippen molar-refractivity contribution in [2.45, 2.75) is 27.2 Å². The average molecular weight is 241 g/mol. The number of hydrogen-bond donors (Lipinski definition) is 2. The van der Waals surface area contributed by atoms with Gasteiger partial charge in [0.25, 0.3) is 0 Å². The lowest BCUT2D eigenvalue weighted by Gasteiger charge is -2.29. The molecule has 0 aromatic rings. The minimum atomic E-state index is 0.0804. The van der Waals surface area contributed by atoms with Crippen LogP contribution in [0.3, 0.4) is 0 Å². The van der Waals surface area contributed by atoms with Gasteiger partial charge in [-0.05, 0) is 25.4 Å². The molecule has 1 atom stereocenters. The van der Waals surface area contributed by atoms with E-state index < -0.39 is 0 Å². The van der Waals surface area contributed by atoms with Gasteiger partial charge in [0.05, 0.1) is 0 Å². The number of hydrogen-bond acceptors (Lipinski definition) is 3. The molecule has 0 saturated carbocycles. The standard InChI is InChI=1S/C13H27N3O/c1-11(2)12(17)15-7-8-16(4)10-13(3)5-6-14-9-13/h11,14H,5-10H2,1-4H3,(H,15,17). The van der Waals surface area contributed by atoms with E-state index in [0.717, 1.165) is 32.7 Å². The van der Waals surface area contributed by atoms with Crippen LogP contribution < -0.4 is 10.6 Å². The lowest BCUT2D eigenvalue weighted by molar-refractivity contribution is -0.124. The van der Waals surface area contributed by atoms with Gasteiger partial charge in [-0.25, -0.2) is 0 Å². The van der Waals surface area contributed by atoms with Crippen molar-refractivity contribution in [1.29, 1.82) is 0 Å². The number of likely N-dealkylation sites (N-methyl/N-ethyl adjacent to an activating group) is 1. The topological polar surface area (TPSA) is 44.4 Å². The van der Waals surface area contributed by atoms with Gasteiger partial charge in [-0.2, -0.15) is 0 Å². The van der Waals surface area contributed by atoms with E-state index in [4.69, 9.17) is 0 Å². The van der Waals surface area contributed by atoms with Crippen molar-refractivity contribution in [1.82, 2.24) is 15.5 Å². The van der Waals surface area contributed by atoms with Crippen molar-refractivity contribution in [2.24, 2.45) is 11.3 Å². The Morgan fingerprint density at radius 2 is 2.24 bits per heavy atom. The Kier molecular flexibility index (Phi) is 5.40. The number of rotatable bonds is 6. The molecule has 17 heavy (non-hydrogen) atoms. The third-order valence-electron chi connectivity index (χ3n) is 3.43. The summed E-state index contributed by atoms with van der Waals surface area (Å²) in [6.07, 6.45) is 1.25. The molecule has 0 aliphatic carbocycles. The highest BCUT2D eigenvalue weighted by molar-refractivity contribution is 5.77. The van der Waals surface area contributed by atoms with Crippen LogP contribution in [-0.2, 0) is 4.79 Å². The van der Waals surface area contributed by atoms with Crippen LogP contribution in [0.15, 0.2) is 0 Å². The highest BCUT2D eigenvalue weighted by Gasteiger charge is 2.29. The van der Waals surface area contributed by atoms with Crippen molar-refractivity contribution in [3.8, 4) is 0 Å². The lowest BCUT2D eigenvalue weighted by atomic mass is 9.89. The Balaban J connectivity index is 2.17. The predicted molar refractivity (Wildman–Crippen MR) is 70.9 cm³/mol. The van der Waals surface area contributed by atoms with Crippen molar-refractivity contribution in [3.05, 3.63) is 0 Å². The molecule has 0 bridgehead atoms. The fourth-order valence-electron chi connectivity index (χ4n) is 2.31. The monoisotopic (exact) mass is 241 g/mol. The number of nitrogens with zero attached hydrogens (tertiary/aromatic N) is 1. The second kappa shape index (κ2) is 6.36. The van der Waals surface area contributed by atoms with Crippen LogP contribution in [0.1, 0.15) is 27.2 Å². The van der Waals surface area contributed by atoms with Gasteiger partial charge in [0.2, 0.25) is 5.91 Å². The van der Waals surface area contributed by atoms with Crippen LogP contribution in [0.5, 0.6) is 0 Å². The zero-order valence-corrected chi connectivity index (χ0v) is 11.7. The van der Waals surface area contributed by atoms with Crippen LogP contribution in [0.4, 0.5) is 0 Å². The first-order valence-corrected chi connectivity index (χ1v) is 6.60. The molecule has 1 fully saturated rings. The Hall–Kier alpha value is -0.610. The van der Waals surface area contributed by atoms with Gasteiger partial charge < -0.3 is 15.5 Å². The maximum Gasteiger partial charge on any atom is 0.222 e. The molecule has 4 nitrogen and oxygen atoms in total. The van der Waals surface area contributed by atoms with E-state index in [0.29, 0.717) is 5.41 Å². The van der Waals surface area contributed by atoms with E-state index >= 15 is 0 Å². The van der Waals surface area contributed by atoms with E-state index in [2.05, 4.69) is 29.5 Å². The second-order valence-electron chi connectivity index (χ2n) is 5.92. The third-order valence-corrected chi connectivity index (χ3v) is 3.43. The number of nitrogens with one attached hydrogen (secondary N) is 2. The Bertz CT molecular complexity index is 247. The second-order valence-corrected chi connectivity index (χ2v) is 5.92. The minimum absolute atomic E-state index is 0.0804. The molecule has 1 saturated heterocycles. The number of amides is 1. The lowest BCUT2D eigenvalue weighted by Crippen LogP contribution is -2.40. The van der Waals surface area contributed by atoms with Crippen LogP contribution in [0.25, 0.3) is 0 Å². The molecule has 0 aromatic heterocycles. The molecular formula is C13H27N3O. The molecule has 1 unspecified atom stereocenters. The maximum atomic E-state index is 11.4. The molecule has 0 aromatic carbocycles. The van der Waals surface area contributed by atoms with Crippen LogP contribution in [-0.4, -0.2) is 50.6 Å². The fourth-order valence-corrected chi connectivity index (χ4v) is 2.31. The van der Waals surface area contributed by atoms with Crippen molar-refractivity contribution in [3.63, 3.8) is 0 Å². The first-order chi connectivity index (χ1) is 7.93. The Morgan fingerprint density at radius 3 is 2.76 bits per heavy atom. The molecule has 1 aliphatic rings. The first kappa shape index (κ1) is 14.5. The zero-order valence-electron chi connectivity index (χ0n) is 11.7. The summed E-state index contributed by atoms with van der Waals surface area (Å²) < 4.78 is 0. The molecule has 100 valence electrons. The van der Waals surface area contributed by atoms with Gasteiger partial charge >= 0.3 is 0 Å². The summed E-state index contributed by atoms with van der Waals surface area (Å²) in [5.41, 5.74) is 0.400. The minimum Gasteiger partial charge on any atom is -0.355 e. The van der Waals surface area contributed by atoms with Gasteiger partial charge in [0.1, 0.15) is 0 Å². The third kappa shape index (κ3) is 5.04. The molecular weight excluding hydrogens is 214 g/mol. The molecule has 0 radical (unpaired) electrons. The normalized spacial score (nSPS) is 24.6. The zero-order chi connectivity index (χ0) is 12.9. The maximum absolute atomic E-state index is 11.4. The smallest absolute Gasteiger partial charge is 0.222 e. The summed E-state index contributed by atoms with van der Waals surface area (Å²) in [6.45, 7) is 11.2. The number of carbonyl (C=O) groups is 1. The van der Waals surface area contributed by atoms with Gasteiger partial charge in [-0.3, -0.25) is 4.79 Å². The molecule has 0 spiro atoms. The van der Waals surface area contributed by atoms with E-state index in [1.54, 1.807) is 0 Å². The quantitative estimate of drug-likeness (QED) is 0.719. The SMILES string of the molecule is CC(C)C(=O)NCCN(C)CC1(C)CCNC1. The molecule has 4 heteroatoms. The van der Waals surface area contributed by atoms with Crippen molar-refractivity contribution >= 4 is 5.91 Å². The van der Waals surface area contributed by atoms with E-state index in [1.807, 2.05) is 13.8 Å². The molecule has 1 amide bonds.